The van der Waals surface area contributed by atoms with Crippen molar-refractivity contribution in [1.29, 1.82) is 0 Å². The van der Waals surface area contributed by atoms with Gasteiger partial charge in [-0.15, -0.1) is 0 Å². The Labute approximate surface area is 148 Å². The van der Waals surface area contributed by atoms with Crippen molar-refractivity contribution in [3.8, 4) is 0 Å². The minimum atomic E-state index is -0.426. The van der Waals surface area contributed by atoms with Crippen LogP contribution in [0.1, 0.15) is 26.3 Å². The molecule has 0 bridgehead atoms. The number of anilines is 1. The Hall–Kier alpha value is -2.47. The number of likely N-dealkylation sites (N-methyl/N-ethyl adjacent to an activating group) is 1. The van der Waals surface area contributed by atoms with E-state index in [1.165, 1.54) is 4.90 Å². The van der Waals surface area contributed by atoms with Gasteiger partial charge in [-0.2, -0.15) is 0 Å². The predicted molar refractivity (Wildman–Crippen MR) is 94.1 cm³/mol. The van der Waals surface area contributed by atoms with Crippen molar-refractivity contribution in [3.05, 3.63) is 63.6 Å². The first kappa shape index (κ1) is 16.4. The molecule has 1 heterocycles. The number of fused-ring (bicyclic) bond motifs is 1. The van der Waals surface area contributed by atoms with E-state index in [0.717, 1.165) is 20.6 Å². The summed E-state index contributed by atoms with van der Waals surface area (Å²) in [6.45, 7) is 1.62. The molecule has 1 aliphatic heterocycles. The first-order valence-electron chi connectivity index (χ1n) is 7.38. The van der Waals surface area contributed by atoms with Crippen molar-refractivity contribution in [1.82, 2.24) is 4.90 Å². The fourth-order valence-electron chi connectivity index (χ4n) is 2.75. The van der Waals surface area contributed by atoms with Crippen LogP contribution in [0.5, 0.6) is 0 Å². The molecule has 0 radical (unpaired) electrons. The molecule has 0 saturated heterocycles. The summed E-state index contributed by atoms with van der Waals surface area (Å²) >= 11 is 3.38. The molecular weight excluding hydrogens is 372 g/mol. The van der Waals surface area contributed by atoms with Gasteiger partial charge >= 0.3 is 0 Å². The molecule has 0 N–H and O–H groups in total. The Morgan fingerprint density at radius 2 is 1.67 bits per heavy atom. The van der Waals surface area contributed by atoms with Crippen LogP contribution in [0.3, 0.4) is 0 Å². The number of carbonyl (C=O) groups excluding carboxylic acids is 3. The molecule has 5 nitrogen and oxygen atoms in total. The Bertz CT molecular complexity index is 828. The van der Waals surface area contributed by atoms with E-state index in [1.54, 1.807) is 31.3 Å². The molecule has 0 aliphatic carbocycles. The minimum Gasteiger partial charge on any atom is -0.314 e. The van der Waals surface area contributed by atoms with Gasteiger partial charge in [0.15, 0.2) is 0 Å². The van der Waals surface area contributed by atoms with Gasteiger partial charge in [-0.3, -0.25) is 19.3 Å². The van der Waals surface area contributed by atoms with E-state index in [4.69, 9.17) is 0 Å². The molecule has 122 valence electrons. The molecule has 0 spiro atoms. The first-order valence-corrected chi connectivity index (χ1v) is 8.17. The summed E-state index contributed by atoms with van der Waals surface area (Å²) in [7, 11) is 1.64. The van der Waals surface area contributed by atoms with E-state index in [2.05, 4.69) is 15.9 Å². The Kier molecular flexibility index (Phi) is 4.24. The van der Waals surface area contributed by atoms with Crippen LogP contribution in [0.25, 0.3) is 0 Å². The molecule has 1 aliphatic rings. The summed E-state index contributed by atoms with van der Waals surface area (Å²) in [6.07, 6.45) is 0. The highest BCUT2D eigenvalue weighted by Crippen LogP contribution is 2.25. The lowest BCUT2D eigenvalue weighted by Crippen LogP contribution is -2.41. The molecular formula is C18H15BrN2O3. The van der Waals surface area contributed by atoms with Crippen molar-refractivity contribution in [2.75, 3.05) is 18.5 Å². The highest BCUT2D eigenvalue weighted by molar-refractivity contribution is 9.10. The molecule has 3 rings (SSSR count). The monoisotopic (exact) mass is 386 g/mol. The lowest BCUT2D eigenvalue weighted by Gasteiger charge is -2.22. The number of halogens is 1. The molecule has 0 aromatic heterocycles. The van der Waals surface area contributed by atoms with E-state index in [0.29, 0.717) is 11.1 Å². The van der Waals surface area contributed by atoms with Crippen LogP contribution < -0.4 is 4.90 Å². The predicted octanol–water partition coefficient (Wildman–Crippen LogP) is 3.02. The third-order valence-corrected chi connectivity index (χ3v) is 4.56. The van der Waals surface area contributed by atoms with Crippen molar-refractivity contribution < 1.29 is 14.4 Å². The number of benzene rings is 2. The maximum atomic E-state index is 12.5. The zero-order chi connectivity index (χ0) is 17.4. The zero-order valence-electron chi connectivity index (χ0n) is 13.2. The summed E-state index contributed by atoms with van der Waals surface area (Å²) in [5.74, 6) is -1.18. The smallest absolute Gasteiger partial charge is 0.262 e. The Morgan fingerprint density at radius 3 is 2.21 bits per heavy atom. The van der Waals surface area contributed by atoms with Gasteiger partial charge in [0.1, 0.15) is 6.54 Å². The number of imide groups is 1. The number of rotatable bonds is 3. The topological polar surface area (TPSA) is 57.7 Å². The molecule has 0 unspecified atom stereocenters. The second-order valence-corrected chi connectivity index (χ2v) is 6.54. The van der Waals surface area contributed by atoms with Crippen LogP contribution in [0.2, 0.25) is 0 Å². The summed E-state index contributed by atoms with van der Waals surface area (Å²) in [5.41, 5.74) is 2.35. The fraction of sp³-hybridized carbons (Fsp3) is 0.167. The molecule has 0 atom stereocenters. The van der Waals surface area contributed by atoms with E-state index in [9.17, 15) is 14.4 Å². The van der Waals surface area contributed by atoms with Gasteiger partial charge in [0.05, 0.1) is 11.1 Å². The van der Waals surface area contributed by atoms with Crippen LogP contribution in [0.4, 0.5) is 5.69 Å². The Morgan fingerprint density at radius 1 is 1.08 bits per heavy atom. The molecule has 24 heavy (non-hydrogen) atoms. The fourth-order valence-corrected chi connectivity index (χ4v) is 3.23. The zero-order valence-corrected chi connectivity index (χ0v) is 14.8. The molecule has 2 aromatic rings. The Balaban J connectivity index is 1.81. The lowest BCUT2D eigenvalue weighted by atomic mass is 10.1. The van der Waals surface area contributed by atoms with Gasteiger partial charge in [-0.1, -0.05) is 28.1 Å². The second-order valence-electron chi connectivity index (χ2n) is 5.63. The third kappa shape index (κ3) is 2.73. The van der Waals surface area contributed by atoms with Crippen LogP contribution in [0, 0.1) is 6.92 Å². The number of hydrogen-bond acceptors (Lipinski definition) is 3. The van der Waals surface area contributed by atoms with Gasteiger partial charge < -0.3 is 4.90 Å². The molecule has 2 aromatic carbocycles. The average Bonchev–Trinajstić information content (AvgIpc) is 2.80. The highest BCUT2D eigenvalue weighted by atomic mass is 79.9. The number of nitrogens with zero attached hydrogens (tertiary/aromatic N) is 2. The van der Waals surface area contributed by atoms with Gasteiger partial charge in [-0.05, 0) is 42.8 Å². The largest absolute Gasteiger partial charge is 0.314 e. The standard InChI is InChI=1S/C18H15BrN2O3/c1-11-9-12(19)7-8-15(11)20(2)16(22)10-21-17(23)13-5-3-4-6-14(13)18(21)24/h3-9H,10H2,1-2H3. The maximum absolute atomic E-state index is 12.5. The van der Waals surface area contributed by atoms with Crippen LogP contribution in [-0.4, -0.2) is 36.2 Å². The normalized spacial score (nSPS) is 13.2. The van der Waals surface area contributed by atoms with Gasteiger partial charge in [-0.25, -0.2) is 0 Å². The third-order valence-electron chi connectivity index (χ3n) is 4.07. The average molecular weight is 387 g/mol. The number of hydrogen-bond donors (Lipinski definition) is 0. The summed E-state index contributed by atoms with van der Waals surface area (Å²) in [6, 6.07) is 12.2. The molecule has 0 saturated carbocycles. The second kappa shape index (κ2) is 6.20. The summed E-state index contributed by atoms with van der Waals surface area (Å²) < 4.78 is 0.921. The van der Waals surface area contributed by atoms with Crippen LogP contribution in [0.15, 0.2) is 46.9 Å². The number of aryl methyl sites for hydroxylation is 1. The number of carbonyl (C=O) groups is 3. The molecule has 6 heteroatoms. The van der Waals surface area contributed by atoms with E-state index in [-0.39, 0.29) is 12.5 Å². The summed E-state index contributed by atoms with van der Waals surface area (Å²) in [5, 5.41) is 0. The maximum Gasteiger partial charge on any atom is 0.262 e. The van der Waals surface area contributed by atoms with Crippen molar-refractivity contribution in [2.24, 2.45) is 0 Å². The van der Waals surface area contributed by atoms with E-state index >= 15 is 0 Å². The number of amides is 3. The van der Waals surface area contributed by atoms with Crippen molar-refractivity contribution in [2.45, 2.75) is 6.92 Å². The van der Waals surface area contributed by atoms with Gasteiger partial charge in [0.2, 0.25) is 5.91 Å². The van der Waals surface area contributed by atoms with Gasteiger partial charge in [0.25, 0.3) is 11.8 Å². The minimum absolute atomic E-state index is 0.279. The molecule has 3 amide bonds. The highest BCUT2D eigenvalue weighted by Gasteiger charge is 2.36. The quantitative estimate of drug-likeness (QED) is 0.761. The van der Waals surface area contributed by atoms with Crippen molar-refractivity contribution >= 4 is 39.3 Å². The van der Waals surface area contributed by atoms with Crippen LogP contribution >= 0.6 is 15.9 Å². The first-order chi connectivity index (χ1) is 11.4. The SMILES string of the molecule is Cc1cc(Br)ccc1N(C)C(=O)CN1C(=O)c2ccccc2C1=O. The summed E-state index contributed by atoms with van der Waals surface area (Å²) in [4.78, 5) is 39.7. The van der Waals surface area contributed by atoms with Crippen molar-refractivity contribution in [3.63, 3.8) is 0 Å². The lowest BCUT2D eigenvalue weighted by molar-refractivity contribution is -0.118. The van der Waals surface area contributed by atoms with E-state index in [1.807, 2.05) is 25.1 Å². The van der Waals surface area contributed by atoms with Gasteiger partial charge in [0, 0.05) is 17.2 Å². The van der Waals surface area contributed by atoms with Crippen LogP contribution in [-0.2, 0) is 4.79 Å². The molecule has 0 fully saturated rings. The van der Waals surface area contributed by atoms with E-state index < -0.39 is 11.8 Å².